The van der Waals surface area contributed by atoms with Gasteiger partial charge < -0.3 is 4.90 Å². The van der Waals surface area contributed by atoms with E-state index < -0.39 is 0 Å². The topological polar surface area (TPSA) is 40.6 Å². The maximum absolute atomic E-state index is 11.6. The highest BCUT2D eigenvalue weighted by Gasteiger charge is 2.39. The Balaban J connectivity index is 1.62. The first-order valence-corrected chi connectivity index (χ1v) is 10.7. The molecule has 152 valence electrons. The molecule has 2 aliphatic rings. The van der Waals surface area contributed by atoms with Crippen molar-refractivity contribution in [3.8, 4) is 0 Å². The SMILES string of the molecule is CC(=O)CN1C2CCC1CN(CCCCC/C=C\C(=C/C(C)C)C(C)=O)C2. The lowest BCUT2D eigenvalue weighted by molar-refractivity contribution is -0.119. The second-order valence-corrected chi connectivity index (χ2v) is 8.69. The molecule has 2 heterocycles. The summed E-state index contributed by atoms with van der Waals surface area (Å²) in [5.41, 5.74) is 0.837. The third-order valence-electron chi connectivity index (χ3n) is 5.68. The zero-order chi connectivity index (χ0) is 19.8. The third-order valence-corrected chi connectivity index (χ3v) is 5.68. The number of likely N-dealkylation sites (tertiary alicyclic amines) is 1. The van der Waals surface area contributed by atoms with Crippen LogP contribution in [0.5, 0.6) is 0 Å². The molecule has 0 spiro atoms. The molecule has 0 amide bonds. The second-order valence-electron chi connectivity index (χ2n) is 8.69. The van der Waals surface area contributed by atoms with Gasteiger partial charge in [-0.3, -0.25) is 14.5 Å². The Morgan fingerprint density at radius 2 is 1.70 bits per heavy atom. The molecule has 0 aromatic rings. The average molecular weight is 375 g/mol. The number of unbranched alkanes of at least 4 members (excludes halogenated alkanes) is 3. The van der Waals surface area contributed by atoms with Crippen LogP contribution < -0.4 is 0 Å². The number of hydrogen-bond donors (Lipinski definition) is 0. The fourth-order valence-electron chi connectivity index (χ4n) is 4.41. The first-order chi connectivity index (χ1) is 12.9. The highest BCUT2D eigenvalue weighted by atomic mass is 16.1. The van der Waals surface area contributed by atoms with Gasteiger partial charge in [0.05, 0.1) is 6.54 Å². The normalized spacial score (nSPS) is 24.3. The summed E-state index contributed by atoms with van der Waals surface area (Å²) in [6.07, 6.45) is 13.4. The van der Waals surface area contributed by atoms with Crippen LogP contribution in [-0.2, 0) is 9.59 Å². The van der Waals surface area contributed by atoms with E-state index in [0.717, 1.165) is 25.1 Å². The van der Waals surface area contributed by atoms with E-state index in [0.29, 0.717) is 30.3 Å². The van der Waals surface area contributed by atoms with Crippen LogP contribution in [0.3, 0.4) is 0 Å². The number of fused-ring (bicyclic) bond motifs is 2. The summed E-state index contributed by atoms with van der Waals surface area (Å²) < 4.78 is 0. The number of carbonyl (C=O) groups excluding carboxylic acids is 2. The van der Waals surface area contributed by atoms with Gasteiger partial charge in [0, 0.05) is 30.7 Å². The van der Waals surface area contributed by atoms with Gasteiger partial charge in [0.1, 0.15) is 5.78 Å². The Kier molecular flexibility index (Phi) is 8.91. The Morgan fingerprint density at radius 1 is 1.04 bits per heavy atom. The maximum Gasteiger partial charge on any atom is 0.159 e. The van der Waals surface area contributed by atoms with Crippen LogP contribution in [0.25, 0.3) is 0 Å². The molecule has 2 fully saturated rings. The first-order valence-electron chi connectivity index (χ1n) is 10.7. The number of rotatable bonds is 11. The Morgan fingerprint density at radius 3 is 2.26 bits per heavy atom. The summed E-state index contributed by atoms with van der Waals surface area (Å²) in [6.45, 7) is 11.6. The quantitative estimate of drug-likeness (QED) is 0.311. The van der Waals surface area contributed by atoms with Crippen molar-refractivity contribution in [1.82, 2.24) is 9.80 Å². The van der Waals surface area contributed by atoms with E-state index in [4.69, 9.17) is 0 Å². The minimum absolute atomic E-state index is 0.151. The van der Waals surface area contributed by atoms with Crippen molar-refractivity contribution in [3.63, 3.8) is 0 Å². The van der Waals surface area contributed by atoms with E-state index in [1.165, 1.54) is 38.6 Å². The van der Waals surface area contributed by atoms with E-state index >= 15 is 0 Å². The lowest BCUT2D eigenvalue weighted by Crippen LogP contribution is -2.54. The predicted molar refractivity (Wildman–Crippen MR) is 112 cm³/mol. The van der Waals surface area contributed by atoms with Crippen molar-refractivity contribution in [3.05, 3.63) is 23.8 Å². The second kappa shape index (κ2) is 10.9. The zero-order valence-corrected chi connectivity index (χ0v) is 17.7. The number of allylic oxidation sites excluding steroid dienone is 4. The van der Waals surface area contributed by atoms with Crippen LogP contribution in [-0.4, -0.2) is 59.6 Å². The minimum Gasteiger partial charge on any atom is -0.300 e. The van der Waals surface area contributed by atoms with Crippen molar-refractivity contribution in [2.75, 3.05) is 26.2 Å². The molecule has 2 rings (SSSR count). The van der Waals surface area contributed by atoms with Gasteiger partial charge in [0.25, 0.3) is 0 Å². The average Bonchev–Trinajstić information content (AvgIpc) is 2.81. The molecular formula is C23H38N2O2. The largest absolute Gasteiger partial charge is 0.300 e. The molecule has 27 heavy (non-hydrogen) atoms. The summed E-state index contributed by atoms with van der Waals surface area (Å²) in [7, 11) is 0. The van der Waals surface area contributed by atoms with E-state index in [1.807, 2.05) is 12.2 Å². The number of piperazine rings is 1. The fourth-order valence-corrected chi connectivity index (χ4v) is 4.41. The van der Waals surface area contributed by atoms with Crippen molar-refractivity contribution in [1.29, 1.82) is 0 Å². The zero-order valence-electron chi connectivity index (χ0n) is 17.7. The Labute approximate surface area is 165 Å². The van der Waals surface area contributed by atoms with Gasteiger partial charge in [-0.15, -0.1) is 0 Å². The number of Topliss-reactive ketones (excluding diaryl/α,β-unsaturated/α-hetero) is 2. The molecule has 0 aliphatic carbocycles. The number of nitrogens with zero attached hydrogens (tertiary/aromatic N) is 2. The standard InChI is InChI=1S/C23H38N2O2/c1-18(2)14-21(20(4)27)10-8-6-5-7-9-13-24-16-22-11-12-23(17-24)25(22)15-19(3)26/h8,10,14,18,22-23H,5-7,9,11-13,15-17H2,1-4H3/b10-8-,21-14+. The van der Waals surface area contributed by atoms with E-state index in [9.17, 15) is 9.59 Å². The molecule has 2 saturated heterocycles. The molecule has 0 radical (unpaired) electrons. The lowest BCUT2D eigenvalue weighted by atomic mass is 10.0. The lowest BCUT2D eigenvalue weighted by Gasteiger charge is -2.40. The van der Waals surface area contributed by atoms with Gasteiger partial charge >= 0.3 is 0 Å². The van der Waals surface area contributed by atoms with Gasteiger partial charge in [-0.05, 0) is 58.4 Å². The van der Waals surface area contributed by atoms with Crippen LogP contribution in [0.15, 0.2) is 23.8 Å². The fraction of sp³-hybridized carbons (Fsp3) is 0.739. The highest BCUT2D eigenvalue weighted by molar-refractivity contribution is 5.96. The van der Waals surface area contributed by atoms with E-state index in [-0.39, 0.29) is 5.78 Å². The number of ketones is 2. The molecule has 0 aromatic carbocycles. The molecule has 2 unspecified atom stereocenters. The van der Waals surface area contributed by atoms with Crippen LogP contribution >= 0.6 is 0 Å². The molecule has 4 nitrogen and oxygen atoms in total. The van der Waals surface area contributed by atoms with Gasteiger partial charge in [-0.2, -0.15) is 0 Å². The van der Waals surface area contributed by atoms with Gasteiger partial charge in [0.2, 0.25) is 0 Å². The van der Waals surface area contributed by atoms with Gasteiger partial charge in [-0.1, -0.05) is 38.5 Å². The van der Waals surface area contributed by atoms with Crippen LogP contribution in [0.4, 0.5) is 0 Å². The predicted octanol–water partition coefficient (Wildman–Crippen LogP) is 4.01. The van der Waals surface area contributed by atoms with Crippen molar-refractivity contribution < 1.29 is 9.59 Å². The maximum atomic E-state index is 11.6. The molecule has 2 aliphatic heterocycles. The first kappa shape index (κ1) is 22.0. The van der Waals surface area contributed by atoms with E-state index in [1.54, 1.807) is 13.8 Å². The monoisotopic (exact) mass is 374 g/mol. The molecule has 2 atom stereocenters. The third kappa shape index (κ3) is 7.34. The van der Waals surface area contributed by atoms with Crippen LogP contribution in [0.1, 0.15) is 66.2 Å². The van der Waals surface area contributed by atoms with Crippen molar-refractivity contribution in [2.45, 2.75) is 78.3 Å². The number of carbonyl (C=O) groups is 2. The molecule has 0 aromatic heterocycles. The summed E-state index contributed by atoms with van der Waals surface area (Å²) in [5.74, 6) is 0.850. The summed E-state index contributed by atoms with van der Waals surface area (Å²) in [6, 6.07) is 1.18. The molecular weight excluding hydrogens is 336 g/mol. The van der Waals surface area contributed by atoms with Crippen molar-refractivity contribution in [2.24, 2.45) is 5.92 Å². The smallest absolute Gasteiger partial charge is 0.159 e. The summed E-state index contributed by atoms with van der Waals surface area (Å²) in [4.78, 5) is 28.1. The van der Waals surface area contributed by atoms with E-state index in [2.05, 4.69) is 29.7 Å². The van der Waals surface area contributed by atoms with Gasteiger partial charge in [0.15, 0.2) is 5.78 Å². The summed E-state index contributed by atoms with van der Waals surface area (Å²) >= 11 is 0. The Bertz CT molecular complexity index is 551. The van der Waals surface area contributed by atoms with Crippen molar-refractivity contribution >= 4 is 11.6 Å². The van der Waals surface area contributed by atoms with Crippen LogP contribution in [0.2, 0.25) is 0 Å². The molecule has 2 bridgehead atoms. The molecule has 0 N–H and O–H groups in total. The summed E-state index contributed by atoms with van der Waals surface area (Å²) in [5, 5.41) is 0. The van der Waals surface area contributed by atoms with Crippen LogP contribution in [0, 0.1) is 5.92 Å². The molecule has 0 saturated carbocycles. The number of hydrogen-bond acceptors (Lipinski definition) is 4. The highest BCUT2D eigenvalue weighted by Crippen LogP contribution is 2.30. The molecule has 4 heteroatoms. The Hall–Kier alpha value is -1.26. The van der Waals surface area contributed by atoms with Gasteiger partial charge in [-0.25, -0.2) is 0 Å². The minimum atomic E-state index is 0.151.